The fraction of sp³-hybridized carbons (Fsp3) is 0.310. The minimum atomic E-state index is -1.11. The third-order valence-corrected chi connectivity index (χ3v) is 6.76. The first-order chi connectivity index (χ1) is 18.2. The van der Waals surface area contributed by atoms with E-state index in [0.29, 0.717) is 30.1 Å². The summed E-state index contributed by atoms with van der Waals surface area (Å²) in [7, 11) is 4.02. The highest BCUT2D eigenvalue weighted by molar-refractivity contribution is 6.05. The van der Waals surface area contributed by atoms with Crippen LogP contribution in [0.5, 0.6) is 17.2 Å². The molecule has 0 atom stereocenters. The molecule has 38 heavy (non-hydrogen) atoms. The Kier molecular flexibility index (Phi) is 8.14. The maximum atomic E-state index is 14.6. The number of anilines is 1. The fourth-order valence-electron chi connectivity index (χ4n) is 4.70. The summed E-state index contributed by atoms with van der Waals surface area (Å²) in [4.78, 5) is 27.6. The lowest BCUT2D eigenvalue weighted by Gasteiger charge is -2.32. The van der Waals surface area contributed by atoms with Gasteiger partial charge in [0.05, 0.1) is 21.3 Å². The molecule has 1 aliphatic heterocycles. The molecule has 0 bridgehead atoms. The van der Waals surface area contributed by atoms with E-state index >= 15 is 0 Å². The number of methoxy groups -OCH3 is 3. The van der Waals surface area contributed by atoms with E-state index in [1.165, 1.54) is 14.2 Å². The Labute approximate surface area is 220 Å². The molecule has 0 saturated carbocycles. The van der Waals surface area contributed by atoms with Crippen LogP contribution in [0, 0.1) is 18.6 Å². The van der Waals surface area contributed by atoms with Crippen LogP contribution in [0.2, 0.25) is 0 Å². The Hall–Kier alpha value is -4.14. The van der Waals surface area contributed by atoms with Crippen molar-refractivity contribution >= 4 is 17.5 Å². The molecule has 1 saturated heterocycles. The summed E-state index contributed by atoms with van der Waals surface area (Å²) < 4.78 is 44.4. The third-order valence-electron chi connectivity index (χ3n) is 6.76. The van der Waals surface area contributed by atoms with E-state index in [-0.39, 0.29) is 23.3 Å². The van der Waals surface area contributed by atoms with Crippen molar-refractivity contribution in [2.75, 3.05) is 39.7 Å². The lowest BCUT2D eigenvalue weighted by atomic mass is 9.89. The van der Waals surface area contributed by atoms with Crippen molar-refractivity contribution in [1.29, 1.82) is 0 Å². The molecule has 0 aromatic heterocycles. The van der Waals surface area contributed by atoms with Crippen molar-refractivity contribution < 1.29 is 32.6 Å². The van der Waals surface area contributed by atoms with E-state index in [9.17, 15) is 18.4 Å². The van der Waals surface area contributed by atoms with Gasteiger partial charge >= 0.3 is 0 Å². The van der Waals surface area contributed by atoms with Gasteiger partial charge in [0.15, 0.2) is 23.1 Å². The largest absolute Gasteiger partial charge is 0.497 e. The van der Waals surface area contributed by atoms with Crippen LogP contribution in [0.25, 0.3) is 0 Å². The van der Waals surface area contributed by atoms with Crippen LogP contribution in [0.15, 0.2) is 48.5 Å². The van der Waals surface area contributed by atoms with Crippen molar-refractivity contribution in [3.05, 3.63) is 82.4 Å². The fourth-order valence-corrected chi connectivity index (χ4v) is 4.70. The second kappa shape index (κ2) is 11.5. The van der Waals surface area contributed by atoms with Crippen LogP contribution in [0.3, 0.4) is 0 Å². The summed E-state index contributed by atoms with van der Waals surface area (Å²) in [5.41, 5.74) is 2.24. The molecule has 0 spiro atoms. The molecule has 1 N–H and O–H groups in total. The van der Waals surface area contributed by atoms with Crippen LogP contribution in [-0.4, -0.2) is 51.1 Å². The summed E-state index contributed by atoms with van der Waals surface area (Å²) in [5, 5.41) is 2.53. The highest BCUT2D eigenvalue weighted by Crippen LogP contribution is 2.33. The molecule has 0 aliphatic carbocycles. The molecule has 200 valence electrons. The topological polar surface area (TPSA) is 77.1 Å². The third kappa shape index (κ3) is 5.56. The second-order valence-electron chi connectivity index (χ2n) is 9.17. The van der Waals surface area contributed by atoms with Gasteiger partial charge in [-0.25, -0.2) is 8.78 Å². The van der Waals surface area contributed by atoms with E-state index in [4.69, 9.17) is 14.2 Å². The molecule has 2 amide bonds. The highest BCUT2D eigenvalue weighted by atomic mass is 19.1. The monoisotopic (exact) mass is 524 g/mol. The number of carbonyl (C=O) groups is 2. The number of halogens is 2. The molecule has 0 unspecified atom stereocenters. The van der Waals surface area contributed by atoms with Crippen LogP contribution in [0.4, 0.5) is 14.5 Å². The zero-order chi connectivity index (χ0) is 27.4. The smallest absolute Gasteiger partial charge is 0.261 e. The lowest BCUT2D eigenvalue weighted by molar-refractivity contribution is 0.0712. The minimum Gasteiger partial charge on any atom is -0.497 e. The van der Waals surface area contributed by atoms with Gasteiger partial charge in [0, 0.05) is 30.4 Å². The van der Waals surface area contributed by atoms with Crippen LogP contribution in [0.1, 0.15) is 50.6 Å². The van der Waals surface area contributed by atoms with Crippen LogP contribution < -0.4 is 19.5 Å². The molecule has 4 rings (SSSR count). The quantitative estimate of drug-likeness (QED) is 0.437. The number of hydrogen-bond acceptors (Lipinski definition) is 5. The Morgan fingerprint density at radius 2 is 1.47 bits per heavy atom. The predicted octanol–water partition coefficient (Wildman–Crippen LogP) is 5.57. The van der Waals surface area contributed by atoms with Gasteiger partial charge in [-0.1, -0.05) is 12.1 Å². The van der Waals surface area contributed by atoms with Crippen molar-refractivity contribution in [2.45, 2.75) is 25.7 Å². The molecule has 7 nitrogen and oxygen atoms in total. The number of amides is 2. The normalized spacial score (nSPS) is 13.7. The number of rotatable bonds is 7. The first kappa shape index (κ1) is 26.9. The molecule has 9 heteroatoms. The average molecular weight is 525 g/mol. The number of nitrogens with zero attached hydrogens (tertiary/aromatic N) is 1. The zero-order valence-corrected chi connectivity index (χ0v) is 21.8. The SMILES string of the molecule is COc1cc(C)cc(C(=O)N2CCC(c3ccc(NC(=O)c4c(F)c(OC)cc(OC)c4F)cc3)CC2)c1. The summed E-state index contributed by atoms with van der Waals surface area (Å²) >= 11 is 0. The maximum absolute atomic E-state index is 14.6. The van der Waals surface area contributed by atoms with Gasteiger partial charge in [-0.2, -0.15) is 0 Å². The number of piperidine rings is 1. The van der Waals surface area contributed by atoms with Crippen molar-refractivity contribution in [3.63, 3.8) is 0 Å². The van der Waals surface area contributed by atoms with Gasteiger partial charge in [-0.05, 0) is 67.1 Å². The summed E-state index contributed by atoms with van der Waals surface area (Å²) in [6, 6.07) is 13.7. The Bertz CT molecular complexity index is 1310. The van der Waals surface area contributed by atoms with Gasteiger partial charge in [0.2, 0.25) is 0 Å². The van der Waals surface area contributed by atoms with Crippen LogP contribution in [-0.2, 0) is 0 Å². The molecule has 1 fully saturated rings. The number of nitrogens with one attached hydrogen (secondary N) is 1. The van der Waals surface area contributed by atoms with E-state index in [1.807, 2.05) is 36.1 Å². The number of benzene rings is 3. The standard InChI is InChI=1S/C29H30F2N2O5/c1-17-13-20(15-22(14-17)36-2)29(35)33-11-9-19(10-12-33)18-5-7-21(8-6-18)32-28(34)25-26(30)23(37-3)16-24(38-4)27(25)31/h5-8,13-16,19H,9-12H2,1-4H3,(H,32,34). The summed E-state index contributed by atoms with van der Waals surface area (Å²) in [6.07, 6.45) is 1.58. The molecule has 3 aromatic rings. The van der Waals surface area contributed by atoms with Crippen molar-refractivity contribution in [2.24, 2.45) is 0 Å². The first-order valence-corrected chi connectivity index (χ1v) is 12.2. The highest BCUT2D eigenvalue weighted by Gasteiger charge is 2.27. The van der Waals surface area contributed by atoms with E-state index in [2.05, 4.69) is 5.32 Å². The average Bonchev–Trinajstić information content (AvgIpc) is 2.93. The second-order valence-corrected chi connectivity index (χ2v) is 9.17. The summed E-state index contributed by atoms with van der Waals surface area (Å²) in [6.45, 7) is 3.17. The van der Waals surface area contributed by atoms with Crippen molar-refractivity contribution in [3.8, 4) is 17.2 Å². The number of ether oxygens (including phenoxy) is 3. The minimum absolute atomic E-state index is 0.0165. The van der Waals surface area contributed by atoms with Gasteiger partial charge in [0.1, 0.15) is 11.3 Å². The molecule has 1 aliphatic rings. The zero-order valence-electron chi connectivity index (χ0n) is 21.8. The molecule has 3 aromatic carbocycles. The van der Waals surface area contributed by atoms with Gasteiger partial charge in [0.25, 0.3) is 11.8 Å². The van der Waals surface area contributed by atoms with E-state index in [1.54, 1.807) is 25.3 Å². The van der Waals surface area contributed by atoms with Gasteiger partial charge in [-0.15, -0.1) is 0 Å². The van der Waals surface area contributed by atoms with E-state index in [0.717, 1.165) is 30.0 Å². The lowest BCUT2D eigenvalue weighted by Crippen LogP contribution is -2.38. The van der Waals surface area contributed by atoms with Crippen molar-refractivity contribution in [1.82, 2.24) is 4.90 Å². The maximum Gasteiger partial charge on any atom is 0.261 e. The van der Waals surface area contributed by atoms with E-state index < -0.39 is 23.1 Å². The number of hydrogen-bond donors (Lipinski definition) is 1. The number of likely N-dealkylation sites (tertiary alicyclic amines) is 1. The first-order valence-electron chi connectivity index (χ1n) is 12.2. The summed E-state index contributed by atoms with van der Waals surface area (Å²) in [5.74, 6) is -2.87. The molecular formula is C29H30F2N2O5. The van der Waals surface area contributed by atoms with Gasteiger partial charge in [-0.3, -0.25) is 9.59 Å². The number of aryl methyl sites for hydroxylation is 1. The predicted molar refractivity (Wildman–Crippen MR) is 139 cm³/mol. The molecular weight excluding hydrogens is 494 g/mol. The molecule has 1 heterocycles. The van der Waals surface area contributed by atoms with Crippen LogP contribution >= 0.6 is 0 Å². The Balaban J connectivity index is 1.40. The Morgan fingerprint density at radius 3 is 2.03 bits per heavy atom. The molecule has 0 radical (unpaired) electrons. The number of carbonyl (C=O) groups excluding carboxylic acids is 2. The van der Waals surface area contributed by atoms with Gasteiger partial charge < -0.3 is 24.4 Å². The Morgan fingerprint density at radius 1 is 0.868 bits per heavy atom.